The third kappa shape index (κ3) is 0.962. The molecule has 0 saturated carbocycles. The van der Waals surface area contributed by atoms with E-state index in [-0.39, 0.29) is 0 Å². The Hall–Kier alpha value is -0.820. The van der Waals surface area contributed by atoms with Crippen molar-refractivity contribution in [3.05, 3.63) is 35.9 Å². The van der Waals surface area contributed by atoms with Gasteiger partial charge in [-0.15, -0.1) is 0 Å². The molecule has 1 aliphatic heterocycles. The molecule has 0 N–H and O–H groups in total. The predicted octanol–water partition coefficient (Wildman–Crippen LogP) is 1.85. The Bertz CT molecular complexity index is 255. The summed E-state index contributed by atoms with van der Waals surface area (Å²) in [7, 11) is 2.16. The van der Waals surface area contributed by atoms with Crippen molar-refractivity contribution in [1.29, 1.82) is 0 Å². The molecule has 0 aliphatic carbocycles. The summed E-state index contributed by atoms with van der Waals surface area (Å²) >= 11 is 0. The average molecular weight is 147 g/mol. The van der Waals surface area contributed by atoms with Gasteiger partial charge >= 0.3 is 0 Å². The maximum Gasteiger partial charge on any atom is 0.0558 e. The Morgan fingerprint density at radius 1 is 1.27 bits per heavy atom. The van der Waals surface area contributed by atoms with Crippen LogP contribution in [0.4, 0.5) is 0 Å². The van der Waals surface area contributed by atoms with Gasteiger partial charge in [0.15, 0.2) is 0 Å². The lowest BCUT2D eigenvalue weighted by Crippen LogP contribution is -2.07. The predicted molar refractivity (Wildman–Crippen MR) is 46.4 cm³/mol. The molecule has 1 aliphatic rings. The van der Waals surface area contributed by atoms with Crippen LogP contribution in [0.15, 0.2) is 30.3 Å². The maximum atomic E-state index is 2.35. The van der Waals surface area contributed by atoms with E-state index in [0.717, 1.165) is 0 Å². The van der Waals surface area contributed by atoms with E-state index in [0.29, 0.717) is 5.54 Å². The fourth-order valence-electron chi connectivity index (χ4n) is 1.54. The summed E-state index contributed by atoms with van der Waals surface area (Å²) in [5.74, 6) is 0. The normalized spacial score (nSPS) is 35.3. The highest BCUT2D eigenvalue weighted by Gasteiger charge is 2.45. The molecule has 0 radical (unpaired) electrons. The monoisotopic (exact) mass is 147 g/mol. The number of hydrogen-bond acceptors (Lipinski definition) is 1. The average Bonchev–Trinajstić information content (AvgIpc) is 2.64. The lowest BCUT2D eigenvalue weighted by molar-refractivity contribution is 0.515. The SMILES string of the molecule is CN1C[C@@]1(C)c1ccccc1. The lowest BCUT2D eigenvalue weighted by Gasteiger charge is -2.08. The Balaban J connectivity index is 2.32. The second kappa shape index (κ2) is 2.08. The van der Waals surface area contributed by atoms with Gasteiger partial charge in [-0.25, -0.2) is 0 Å². The minimum atomic E-state index is 0.335. The second-order valence-electron chi connectivity index (χ2n) is 3.50. The number of rotatable bonds is 1. The molecule has 58 valence electrons. The van der Waals surface area contributed by atoms with Crippen molar-refractivity contribution in [3.8, 4) is 0 Å². The zero-order valence-corrected chi connectivity index (χ0v) is 7.04. The van der Waals surface area contributed by atoms with Gasteiger partial charge in [0.25, 0.3) is 0 Å². The highest BCUT2D eigenvalue weighted by molar-refractivity contribution is 5.29. The molecule has 1 aromatic carbocycles. The van der Waals surface area contributed by atoms with Gasteiger partial charge in [0.05, 0.1) is 5.54 Å². The van der Waals surface area contributed by atoms with Gasteiger partial charge in [0.2, 0.25) is 0 Å². The first-order valence-electron chi connectivity index (χ1n) is 4.00. The minimum absolute atomic E-state index is 0.335. The lowest BCUT2D eigenvalue weighted by atomic mass is 10.0. The zero-order chi connectivity index (χ0) is 7.90. The van der Waals surface area contributed by atoms with E-state index in [1.165, 1.54) is 12.1 Å². The molecule has 0 bridgehead atoms. The quantitative estimate of drug-likeness (QED) is 0.548. The van der Waals surface area contributed by atoms with Gasteiger partial charge in [0.1, 0.15) is 0 Å². The van der Waals surface area contributed by atoms with Crippen molar-refractivity contribution in [3.63, 3.8) is 0 Å². The molecular weight excluding hydrogens is 134 g/mol. The van der Waals surface area contributed by atoms with Gasteiger partial charge in [-0.1, -0.05) is 30.3 Å². The van der Waals surface area contributed by atoms with Gasteiger partial charge in [-0.3, -0.25) is 4.90 Å². The van der Waals surface area contributed by atoms with Crippen molar-refractivity contribution in [1.82, 2.24) is 4.90 Å². The first kappa shape index (κ1) is 6.86. The van der Waals surface area contributed by atoms with E-state index in [4.69, 9.17) is 0 Å². The topological polar surface area (TPSA) is 3.01 Å². The summed E-state index contributed by atoms with van der Waals surface area (Å²) in [4.78, 5) is 2.35. The summed E-state index contributed by atoms with van der Waals surface area (Å²) in [6, 6.07) is 10.7. The third-order valence-corrected chi connectivity index (χ3v) is 2.68. The highest BCUT2D eigenvalue weighted by Crippen LogP contribution is 2.39. The summed E-state index contributed by atoms with van der Waals surface area (Å²) < 4.78 is 0. The molecule has 1 unspecified atom stereocenters. The molecule has 0 aromatic heterocycles. The minimum Gasteiger partial charge on any atom is -0.294 e. The smallest absolute Gasteiger partial charge is 0.0558 e. The molecule has 11 heavy (non-hydrogen) atoms. The molecule has 2 rings (SSSR count). The highest BCUT2D eigenvalue weighted by atomic mass is 15.3. The van der Waals surface area contributed by atoms with Gasteiger partial charge < -0.3 is 0 Å². The fraction of sp³-hybridized carbons (Fsp3) is 0.400. The summed E-state index contributed by atoms with van der Waals surface area (Å²) in [5, 5.41) is 0. The number of likely N-dealkylation sites (N-methyl/N-ethyl adjacent to an activating group) is 1. The molecule has 1 heteroatoms. The molecule has 2 atom stereocenters. The molecule has 0 spiro atoms. The number of nitrogens with zero attached hydrogens (tertiary/aromatic N) is 1. The summed E-state index contributed by atoms with van der Waals surface area (Å²) in [5.41, 5.74) is 1.77. The largest absolute Gasteiger partial charge is 0.294 e. The standard InChI is InChI=1S/C10H13N/c1-10(8-11(10)2)9-6-4-3-5-7-9/h3-7H,8H2,1-2H3/t10-,11?/m0/s1. The van der Waals surface area contributed by atoms with Crippen LogP contribution in [0.5, 0.6) is 0 Å². The fourth-order valence-corrected chi connectivity index (χ4v) is 1.54. The van der Waals surface area contributed by atoms with Crippen LogP contribution in [0, 0.1) is 0 Å². The Kier molecular flexibility index (Phi) is 1.30. The van der Waals surface area contributed by atoms with Crippen LogP contribution < -0.4 is 0 Å². The molecule has 1 fully saturated rings. The van der Waals surface area contributed by atoms with E-state index < -0.39 is 0 Å². The maximum absolute atomic E-state index is 2.35. The molecular formula is C10H13N. The summed E-state index contributed by atoms with van der Waals surface area (Å²) in [6.45, 7) is 3.47. The number of benzene rings is 1. The van der Waals surface area contributed by atoms with E-state index >= 15 is 0 Å². The van der Waals surface area contributed by atoms with Crippen molar-refractivity contribution < 1.29 is 0 Å². The van der Waals surface area contributed by atoms with Crippen LogP contribution in [0.2, 0.25) is 0 Å². The van der Waals surface area contributed by atoms with Crippen LogP contribution in [-0.4, -0.2) is 18.5 Å². The molecule has 1 heterocycles. The van der Waals surface area contributed by atoms with Crippen molar-refractivity contribution in [2.45, 2.75) is 12.5 Å². The van der Waals surface area contributed by atoms with Crippen LogP contribution in [0.1, 0.15) is 12.5 Å². The van der Waals surface area contributed by atoms with E-state index in [1.54, 1.807) is 0 Å². The third-order valence-electron chi connectivity index (χ3n) is 2.68. The van der Waals surface area contributed by atoms with Gasteiger partial charge in [-0.2, -0.15) is 0 Å². The number of hydrogen-bond donors (Lipinski definition) is 0. The Morgan fingerprint density at radius 3 is 2.27 bits per heavy atom. The van der Waals surface area contributed by atoms with Crippen molar-refractivity contribution in [2.75, 3.05) is 13.6 Å². The van der Waals surface area contributed by atoms with Crippen LogP contribution in [0.25, 0.3) is 0 Å². The Labute approximate surface area is 67.6 Å². The second-order valence-corrected chi connectivity index (χ2v) is 3.50. The van der Waals surface area contributed by atoms with Crippen LogP contribution in [-0.2, 0) is 5.54 Å². The van der Waals surface area contributed by atoms with Crippen LogP contribution >= 0.6 is 0 Å². The van der Waals surface area contributed by atoms with Gasteiger partial charge in [0, 0.05) is 6.54 Å². The van der Waals surface area contributed by atoms with Gasteiger partial charge in [-0.05, 0) is 19.5 Å². The van der Waals surface area contributed by atoms with E-state index in [9.17, 15) is 0 Å². The molecule has 1 nitrogen and oxygen atoms in total. The molecule has 0 amide bonds. The molecule has 1 saturated heterocycles. The van der Waals surface area contributed by atoms with E-state index in [1.807, 2.05) is 0 Å². The summed E-state index contributed by atoms with van der Waals surface area (Å²) in [6.07, 6.45) is 0. The van der Waals surface area contributed by atoms with E-state index in [2.05, 4.69) is 49.2 Å². The first-order chi connectivity index (χ1) is 5.23. The molecule has 1 aromatic rings. The van der Waals surface area contributed by atoms with Crippen molar-refractivity contribution >= 4 is 0 Å². The van der Waals surface area contributed by atoms with Crippen molar-refractivity contribution in [2.24, 2.45) is 0 Å². The Morgan fingerprint density at radius 2 is 1.82 bits per heavy atom. The van der Waals surface area contributed by atoms with Crippen LogP contribution in [0.3, 0.4) is 0 Å². The zero-order valence-electron chi connectivity index (χ0n) is 7.04. The first-order valence-corrected chi connectivity index (χ1v) is 4.00.